The highest BCUT2D eigenvalue weighted by Gasteiger charge is 2.48. The van der Waals surface area contributed by atoms with Crippen LogP contribution in [0.25, 0.3) is 11.3 Å². The summed E-state index contributed by atoms with van der Waals surface area (Å²) >= 11 is 0. The minimum absolute atomic E-state index is 0.101. The number of alkyl halides is 1. The summed E-state index contributed by atoms with van der Waals surface area (Å²) in [4.78, 5) is 22.7. The summed E-state index contributed by atoms with van der Waals surface area (Å²) in [6.07, 6.45) is 6.67. The molecule has 2 aliphatic heterocycles. The van der Waals surface area contributed by atoms with Gasteiger partial charge in [0, 0.05) is 30.7 Å². The van der Waals surface area contributed by atoms with E-state index in [9.17, 15) is 14.3 Å². The number of phenolic OH excluding ortho intramolecular Hbond substituents is 1. The summed E-state index contributed by atoms with van der Waals surface area (Å²) in [7, 11) is 1.39. The van der Waals surface area contributed by atoms with E-state index in [1.807, 2.05) is 0 Å². The molecule has 31 heavy (non-hydrogen) atoms. The first-order valence-corrected chi connectivity index (χ1v) is 10.7. The summed E-state index contributed by atoms with van der Waals surface area (Å²) in [5, 5.41) is 16.0. The molecule has 164 valence electrons. The van der Waals surface area contributed by atoms with Gasteiger partial charge < -0.3 is 20.6 Å². The summed E-state index contributed by atoms with van der Waals surface area (Å²) in [6, 6.07) is 2.42. The fraction of sp³-hybridized carbons (Fsp3) is 0.500. The molecule has 7 nitrogen and oxygen atoms in total. The van der Waals surface area contributed by atoms with E-state index in [1.54, 1.807) is 6.20 Å². The Labute approximate surface area is 178 Å². The van der Waals surface area contributed by atoms with Crippen LogP contribution in [-0.4, -0.2) is 58.4 Å². The number of halogens is 2. The summed E-state index contributed by atoms with van der Waals surface area (Å²) in [5.41, 5.74) is 0.176. The quantitative estimate of drug-likeness (QED) is 0.677. The van der Waals surface area contributed by atoms with E-state index in [0.29, 0.717) is 11.9 Å². The molecule has 1 aromatic carbocycles. The van der Waals surface area contributed by atoms with Gasteiger partial charge in [-0.2, -0.15) is 0 Å². The normalized spacial score (nSPS) is 27.2. The maximum absolute atomic E-state index is 15.2. The van der Waals surface area contributed by atoms with Crippen molar-refractivity contribution in [1.82, 2.24) is 20.6 Å². The predicted molar refractivity (Wildman–Crippen MR) is 111 cm³/mol. The molecule has 2 unspecified atom stereocenters. The van der Waals surface area contributed by atoms with Crippen LogP contribution in [0.4, 0.5) is 14.6 Å². The SMILES string of the molecule is CNC(=O)c1cc(O)c(-c2cnc(N(C3CC3)[C@H]3CC4CCC(N4)[C@H]3F)cn2)cc1F. The monoisotopic (exact) mass is 429 g/mol. The molecule has 3 N–H and O–H groups in total. The smallest absolute Gasteiger partial charge is 0.254 e. The molecule has 4 atom stereocenters. The van der Waals surface area contributed by atoms with E-state index < -0.39 is 17.9 Å². The van der Waals surface area contributed by atoms with Crippen molar-refractivity contribution >= 4 is 11.7 Å². The number of anilines is 1. The molecule has 3 aliphatic rings. The lowest BCUT2D eigenvalue weighted by molar-refractivity contribution is 0.0958. The zero-order valence-corrected chi connectivity index (χ0v) is 17.2. The number of amides is 1. The van der Waals surface area contributed by atoms with Crippen LogP contribution in [0, 0.1) is 5.82 Å². The number of carbonyl (C=O) groups is 1. The van der Waals surface area contributed by atoms with Crippen molar-refractivity contribution in [2.24, 2.45) is 0 Å². The lowest BCUT2D eigenvalue weighted by Crippen LogP contribution is -2.57. The van der Waals surface area contributed by atoms with Crippen molar-refractivity contribution in [2.75, 3.05) is 11.9 Å². The Morgan fingerprint density at radius 2 is 2.03 bits per heavy atom. The molecule has 5 rings (SSSR count). The second kappa shape index (κ2) is 7.71. The van der Waals surface area contributed by atoms with Crippen molar-refractivity contribution in [1.29, 1.82) is 0 Å². The van der Waals surface area contributed by atoms with Crippen LogP contribution in [0.5, 0.6) is 5.75 Å². The average Bonchev–Trinajstić information content (AvgIpc) is 3.53. The third-order valence-corrected chi connectivity index (χ3v) is 6.59. The zero-order valence-electron chi connectivity index (χ0n) is 17.2. The summed E-state index contributed by atoms with van der Waals surface area (Å²) in [5.74, 6) is -1.05. The maximum atomic E-state index is 15.2. The Kier molecular flexibility index (Phi) is 5.00. The van der Waals surface area contributed by atoms with Gasteiger partial charge >= 0.3 is 0 Å². The molecule has 0 spiro atoms. The van der Waals surface area contributed by atoms with Gasteiger partial charge in [-0.25, -0.2) is 13.8 Å². The number of aromatic nitrogens is 2. The van der Waals surface area contributed by atoms with Crippen LogP contribution in [-0.2, 0) is 0 Å². The van der Waals surface area contributed by atoms with Gasteiger partial charge in [0.1, 0.15) is 23.6 Å². The first-order valence-electron chi connectivity index (χ1n) is 10.7. The molecule has 3 fully saturated rings. The number of hydrogen-bond acceptors (Lipinski definition) is 6. The van der Waals surface area contributed by atoms with E-state index in [1.165, 1.54) is 13.2 Å². The van der Waals surface area contributed by atoms with Gasteiger partial charge in [0.2, 0.25) is 0 Å². The number of hydrogen-bond donors (Lipinski definition) is 3. The lowest BCUT2D eigenvalue weighted by Gasteiger charge is -2.41. The number of fused-ring (bicyclic) bond motifs is 2. The van der Waals surface area contributed by atoms with E-state index in [4.69, 9.17) is 0 Å². The maximum Gasteiger partial charge on any atom is 0.254 e. The van der Waals surface area contributed by atoms with Gasteiger partial charge in [-0.15, -0.1) is 0 Å². The van der Waals surface area contributed by atoms with Crippen LogP contribution in [0.3, 0.4) is 0 Å². The first kappa shape index (κ1) is 20.1. The number of piperidine rings is 1. The number of carbonyl (C=O) groups excluding carboxylic acids is 1. The molecule has 3 heterocycles. The minimum Gasteiger partial charge on any atom is -0.507 e. The van der Waals surface area contributed by atoms with Crippen molar-refractivity contribution < 1.29 is 18.7 Å². The minimum atomic E-state index is -0.962. The molecular weight excluding hydrogens is 404 g/mol. The van der Waals surface area contributed by atoms with Gasteiger partial charge in [-0.1, -0.05) is 0 Å². The number of benzene rings is 1. The Balaban J connectivity index is 1.43. The van der Waals surface area contributed by atoms with Crippen LogP contribution in [0.1, 0.15) is 42.5 Å². The highest BCUT2D eigenvalue weighted by atomic mass is 19.1. The van der Waals surface area contributed by atoms with E-state index in [2.05, 4.69) is 25.5 Å². The fourth-order valence-electron chi connectivity index (χ4n) is 4.89. The highest BCUT2D eigenvalue weighted by Crippen LogP contribution is 2.40. The molecule has 9 heteroatoms. The molecular formula is C22H25F2N5O2. The van der Waals surface area contributed by atoms with E-state index >= 15 is 4.39 Å². The van der Waals surface area contributed by atoms with Crippen molar-refractivity contribution in [2.45, 2.75) is 62.4 Å². The van der Waals surface area contributed by atoms with Crippen LogP contribution in [0.2, 0.25) is 0 Å². The van der Waals surface area contributed by atoms with Gasteiger partial charge in [0.25, 0.3) is 5.91 Å². The number of rotatable bonds is 5. The molecule has 2 aromatic rings. The molecule has 1 saturated carbocycles. The third kappa shape index (κ3) is 3.60. The Morgan fingerprint density at radius 3 is 2.71 bits per heavy atom. The van der Waals surface area contributed by atoms with E-state index in [0.717, 1.165) is 44.2 Å². The number of phenols is 1. The molecule has 1 amide bonds. The van der Waals surface area contributed by atoms with Crippen molar-refractivity contribution in [3.8, 4) is 17.0 Å². The predicted octanol–water partition coefficient (Wildman–Crippen LogP) is 2.55. The molecule has 1 aromatic heterocycles. The number of nitrogens with zero attached hydrogens (tertiary/aromatic N) is 3. The Bertz CT molecular complexity index is 998. The topological polar surface area (TPSA) is 90.4 Å². The van der Waals surface area contributed by atoms with Crippen molar-refractivity contribution in [3.63, 3.8) is 0 Å². The number of aromatic hydroxyl groups is 1. The van der Waals surface area contributed by atoms with Gasteiger partial charge in [-0.3, -0.25) is 9.78 Å². The van der Waals surface area contributed by atoms with Gasteiger partial charge in [0.05, 0.1) is 29.7 Å². The van der Waals surface area contributed by atoms with Gasteiger partial charge in [-0.05, 0) is 44.2 Å². The summed E-state index contributed by atoms with van der Waals surface area (Å²) in [6.45, 7) is 0. The highest BCUT2D eigenvalue weighted by molar-refractivity contribution is 5.95. The van der Waals surface area contributed by atoms with Crippen molar-refractivity contribution in [3.05, 3.63) is 35.9 Å². The van der Waals surface area contributed by atoms with Gasteiger partial charge in [0.15, 0.2) is 0 Å². The zero-order chi connectivity index (χ0) is 21.7. The molecule has 1 aliphatic carbocycles. The lowest BCUT2D eigenvalue weighted by atomic mass is 9.96. The standard InChI is InChI=1S/C22H25F2N5O2/c1-25-22(31)13-8-19(30)14(7-15(13)23)17-9-27-20(10-26-17)29(12-3-4-12)18-6-11-2-5-16(28-11)21(18)24/h7-12,16,18,21,28,30H,2-6H2,1H3,(H,25,31)/t11?,16?,18-,21+/m0/s1. The summed E-state index contributed by atoms with van der Waals surface area (Å²) < 4.78 is 29.5. The second-order valence-corrected chi connectivity index (χ2v) is 8.62. The van der Waals surface area contributed by atoms with Crippen LogP contribution < -0.4 is 15.5 Å². The Morgan fingerprint density at radius 1 is 1.23 bits per heavy atom. The second-order valence-electron chi connectivity index (χ2n) is 8.62. The van der Waals surface area contributed by atoms with Crippen LogP contribution >= 0.6 is 0 Å². The fourth-order valence-corrected chi connectivity index (χ4v) is 4.89. The Hall–Kier alpha value is -2.81. The first-order chi connectivity index (χ1) is 15.0. The molecule has 2 saturated heterocycles. The van der Waals surface area contributed by atoms with Crippen LogP contribution in [0.15, 0.2) is 24.5 Å². The largest absolute Gasteiger partial charge is 0.507 e. The third-order valence-electron chi connectivity index (χ3n) is 6.59. The molecule has 0 radical (unpaired) electrons. The van der Waals surface area contributed by atoms with E-state index in [-0.39, 0.29) is 40.7 Å². The average molecular weight is 429 g/mol. The molecule has 2 bridgehead atoms. The number of nitrogens with one attached hydrogen (secondary N) is 2.